The Kier molecular flexibility index (Phi) is 5.13. The molecule has 1 unspecified atom stereocenters. The molecule has 1 saturated heterocycles. The van der Waals surface area contributed by atoms with Gasteiger partial charge in [0.1, 0.15) is 11.9 Å². The first-order valence-corrected chi connectivity index (χ1v) is 7.38. The number of likely N-dealkylation sites (N-methyl/N-ethyl adjacent to an activating group) is 1. The lowest BCUT2D eigenvalue weighted by Crippen LogP contribution is -2.44. The van der Waals surface area contributed by atoms with E-state index in [2.05, 4.69) is 0 Å². The number of carboxylic acids is 1. The summed E-state index contributed by atoms with van der Waals surface area (Å²) in [6.45, 7) is 2.59. The van der Waals surface area contributed by atoms with E-state index in [1.165, 1.54) is 12.1 Å². The number of hydrogen-bond donors (Lipinski definition) is 1. The molecule has 0 radical (unpaired) electrons. The second-order valence-corrected chi connectivity index (χ2v) is 5.70. The molecule has 120 valence electrons. The van der Waals surface area contributed by atoms with Crippen LogP contribution >= 0.6 is 0 Å². The Bertz CT molecular complexity index is 547. The van der Waals surface area contributed by atoms with Crippen molar-refractivity contribution in [3.63, 3.8) is 0 Å². The fourth-order valence-electron chi connectivity index (χ4n) is 2.76. The average Bonchev–Trinajstić information content (AvgIpc) is 2.94. The van der Waals surface area contributed by atoms with Gasteiger partial charge in [0.15, 0.2) is 0 Å². The third-order valence-corrected chi connectivity index (χ3v) is 4.31. The van der Waals surface area contributed by atoms with Crippen molar-refractivity contribution in [3.05, 3.63) is 35.6 Å². The van der Waals surface area contributed by atoms with Gasteiger partial charge in [-0.1, -0.05) is 12.1 Å². The van der Waals surface area contributed by atoms with Crippen LogP contribution in [-0.2, 0) is 9.59 Å². The van der Waals surface area contributed by atoms with E-state index in [9.17, 15) is 14.0 Å². The predicted molar refractivity (Wildman–Crippen MR) is 79.8 cm³/mol. The molecule has 1 aromatic rings. The lowest BCUT2D eigenvalue weighted by atomic mass is 10.1. The molecule has 0 aliphatic carbocycles. The van der Waals surface area contributed by atoms with Crippen LogP contribution in [0.3, 0.4) is 0 Å². The van der Waals surface area contributed by atoms with E-state index in [0.29, 0.717) is 13.0 Å². The number of aliphatic carboxylic acids is 1. The molecule has 6 heteroatoms. The molecule has 0 aromatic heterocycles. The lowest BCUT2D eigenvalue weighted by Gasteiger charge is -2.28. The van der Waals surface area contributed by atoms with Gasteiger partial charge in [-0.15, -0.1) is 0 Å². The quantitative estimate of drug-likeness (QED) is 0.902. The van der Waals surface area contributed by atoms with Crippen LogP contribution in [0.15, 0.2) is 24.3 Å². The van der Waals surface area contributed by atoms with Gasteiger partial charge in [0.25, 0.3) is 0 Å². The van der Waals surface area contributed by atoms with Crippen LogP contribution in [0.1, 0.15) is 31.4 Å². The summed E-state index contributed by atoms with van der Waals surface area (Å²) in [5.41, 5.74) is 0.841. The second kappa shape index (κ2) is 6.87. The normalized spacial score (nSPS) is 19.9. The van der Waals surface area contributed by atoms with Gasteiger partial charge in [0.2, 0.25) is 5.91 Å². The summed E-state index contributed by atoms with van der Waals surface area (Å²) in [5.74, 6) is -1.32. The van der Waals surface area contributed by atoms with E-state index < -0.39 is 12.0 Å². The summed E-state index contributed by atoms with van der Waals surface area (Å²) in [6, 6.07) is 5.27. The van der Waals surface area contributed by atoms with Crippen molar-refractivity contribution in [3.8, 4) is 0 Å². The largest absolute Gasteiger partial charge is 0.480 e. The minimum Gasteiger partial charge on any atom is -0.480 e. The molecule has 1 N–H and O–H groups in total. The summed E-state index contributed by atoms with van der Waals surface area (Å²) >= 11 is 0. The van der Waals surface area contributed by atoms with Crippen molar-refractivity contribution in [1.82, 2.24) is 9.80 Å². The van der Waals surface area contributed by atoms with Gasteiger partial charge in [0.05, 0.1) is 12.6 Å². The van der Waals surface area contributed by atoms with Crippen LogP contribution in [0.25, 0.3) is 0 Å². The number of carbonyl (C=O) groups is 2. The number of likely N-dealkylation sites (tertiary alicyclic amines) is 1. The monoisotopic (exact) mass is 308 g/mol. The third-order valence-electron chi connectivity index (χ3n) is 4.31. The number of rotatable bonds is 5. The van der Waals surface area contributed by atoms with Crippen molar-refractivity contribution in [1.29, 1.82) is 0 Å². The number of nitrogens with zero attached hydrogens (tertiary/aromatic N) is 2. The third kappa shape index (κ3) is 3.62. The van der Waals surface area contributed by atoms with E-state index in [1.54, 1.807) is 29.0 Å². The predicted octanol–water partition coefficient (Wildman–Crippen LogP) is 1.89. The molecule has 2 atom stereocenters. The van der Waals surface area contributed by atoms with Gasteiger partial charge in [-0.05, 0) is 44.0 Å². The molecule has 1 heterocycles. The molecule has 1 aliphatic rings. The summed E-state index contributed by atoms with van der Waals surface area (Å²) in [6.07, 6.45) is 1.38. The molecule has 0 saturated carbocycles. The molecule has 5 nitrogen and oxygen atoms in total. The fourth-order valence-corrected chi connectivity index (χ4v) is 2.76. The summed E-state index contributed by atoms with van der Waals surface area (Å²) in [7, 11) is 1.68. The maximum Gasteiger partial charge on any atom is 0.320 e. The number of carbonyl (C=O) groups excluding carboxylic acids is 1. The van der Waals surface area contributed by atoms with E-state index in [1.807, 2.05) is 6.92 Å². The van der Waals surface area contributed by atoms with Crippen LogP contribution in [-0.4, -0.2) is 53.0 Å². The number of hydrogen-bond acceptors (Lipinski definition) is 3. The van der Waals surface area contributed by atoms with Gasteiger partial charge in [-0.2, -0.15) is 0 Å². The van der Waals surface area contributed by atoms with Gasteiger partial charge in [0, 0.05) is 7.05 Å². The summed E-state index contributed by atoms with van der Waals surface area (Å²) in [5, 5.41) is 9.15. The molecule has 2 rings (SSSR count). The zero-order chi connectivity index (χ0) is 16.3. The van der Waals surface area contributed by atoms with Crippen LogP contribution < -0.4 is 0 Å². The average molecular weight is 308 g/mol. The highest BCUT2D eigenvalue weighted by molar-refractivity contribution is 5.80. The molecule has 22 heavy (non-hydrogen) atoms. The molecule has 0 spiro atoms. The maximum atomic E-state index is 13.0. The molecule has 1 aliphatic heterocycles. The van der Waals surface area contributed by atoms with Gasteiger partial charge in [-0.3, -0.25) is 14.5 Å². The van der Waals surface area contributed by atoms with Crippen LogP contribution in [0.2, 0.25) is 0 Å². The SMILES string of the molecule is CC(c1ccc(F)cc1)N(C)C(=O)CN1CCC[C@@H]1C(=O)O. The van der Waals surface area contributed by atoms with Crippen molar-refractivity contribution >= 4 is 11.9 Å². The standard InChI is InChI=1S/C16H21FN2O3/c1-11(12-5-7-13(17)8-6-12)18(2)15(20)10-19-9-3-4-14(19)16(21)22/h5-8,11,14H,3-4,9-10H2,1-2H3,(H,21,22)/t11?,14-/m1/s1. The summed E-state index contributed by atoms with van der Waals surface area (Å²) in [4.78, 5) is 26.8. The van der Waals surface area contributed by atoms with E-state index >= 15 is 0 Å². The molecule has 1 aromatic carbocycles. The molecular weight excluding hydrogens is 287 g/mol. The molecular formula is C16H21FN2O3. The van der Waals surface area contributed by atoms with Crippen molar-refractivity contribution < 1.29 is 19.1 Å². The van der Waals surface area contributed by atoms with E-state index in [-0.39, 0.29) is 24.3 Å². The highest BCUT2D eigenvalue weighted by atomic mass is 19.1. The molecule has 1 fully saturated rings. The minimum absolute atomic E-state index is 0.0962. The number of carboxylic acid groups (broad SMARTS) is 1. The van der Waals surface area contributed by atoms with Gasteiger partial charge < -0.3 is 10.0 Å². The topological polar surface area (TPSA) is 60.9 Å². The molecule has 0 bridgehead atoms. The minimum atomic E-state index is -0.875. The maximum absolute atomic E-state index is 13.0. The first kappa shape index (κ1) is 16.4. The van der Waals surface area contributed by atoms with Crippen molar-refractivity contribution in [2.45, 2.75) is 31.8 Å². The Morgan fingerprint density at radius 1 is 1.41 bits per heavy atom. The Labute approximate surface area is 129 Å². The van der Waals surface area contributed by atoms with Crippen LogP contribution in [0.5, 0.6) is 0 Å². The fraction of sp³-hybridized carbons (Fsp3) is 0.500. The number of amides is 1. The zero-order valence-corrected chi connectivity index (χ0v) is 12.8. The van der Waals surface area contributed by atoms with Gasteiger partial charge in [-0.25, -0.2) is 4.39 Å². The van der Waals surface area contributed by atoms with E-state index in [4.69, 9.17) is 5.11 Å². The number of benzene rings is 1. The van der Waals surface area contributed by atoms with Crippen LogP contribution in [0.4, 0.5) is 4.39 Å². The van der Waals surface area contributed by atoms with Gasteiger partial charge >= 0.3 is 5.97 Å². The van der Waals surface area contributed by atoms with E-state index in [0.717, 1.165) is 12.0 Å². The van der Waals surface area contributed by atoms with Crippen molar-refractivity contribution in [2.24, 2.45) is 0 Å². The highest BCUT2D eigenvalue weighted by Gasteiger charge is 2.32. The Morgan fingerprint density at radius 2 is 2.05 bits per heavy atom. The summed E-state index contributed by atoms with van der Waals surface area (Å²) < 4.78 is 13.0. The Hall–Kier alpha value is -1.95. The number of halogens is 1. The Balaban J connectivity index is 1.99. The lowest BCUT2D eigenvalue weighted by molar-refractivity contribution is -0.143. The van der Waals surface area contributed by atoms with Crippen molar-refractivity contribution in [2.75, 3.05) is 20.1 Å². The smallest absolute Gasteiger partial charge is 0.320 e. The van der Waals surface area contributed by atoms with Crippen LogP contribution in [0, 0.1) is 5.82 Å². The zero-order valence-electron chi connectivity index (χ0n) is 12.8. The second-order valence-electron chi connectivity index (χ2n) is 5.70. The first-order valence-electron chi connectivity index (χ1n) is 7.38. The highest BCUT2D eigenvalue weighted by Crippen LogP contribution is 2.21. The first-order chi connectivity index (χ1) is 10.4. The Morgan fingerprint density at radius 3 is 2.64 bits per heavy atom. The molecule has 1 amide bonds.